The van der Waals surface area contributed by atoms with Crippen LogP contribution in [-0.2, 0) is 11.3 Å². The molecule has 7 heteroatoms. The lowest BCUT2D eigenvalue weighted by atomic mass is 10.1. The van der Waals surface area contributed by atoms with Gasteiger partial charge in [0.1, 0.15) is 11.9 Å². The van der Waals surface area contributed by atoms with Crippen molar-refractivity contribution >= 4 is 11.6 Å². The number of aromatic nitrogens is 3. The maximum atomic E-state index is 13.1. The lowest BCUT2D eigenvalue weighted by molar-refractivity contribution is 0.171. The van der Waals surface area contributed by atoms with Crippen LogP contribution in [0, 0.1) is 5.82 Å². The van der Waals surface area contributed by atoms with E-state index in [1.165, 1.54) is 23.1 Å². The third-order valence-electron chi connectivity index (χ3n) is 2.64. The minimum atomic E-state index is -1.09. The van der Waals surface area contributed by atoms with Gasteiger partial charge in [-0.25, -0.2) is 4.39 Å². The average molecular weight is 286 g/mol. The summed E-state index contributed by atoms with van der Waals surface area (Å²) in [7, 11) is 1.57. The van der Waals surface area contributed by atoms with E-state index in [4.69, 9.17) is 16.3 Å². The summed E-state index contributed by atoms with van der Waals surface area (Å²) in [4.78, 5) is 3.70. The van der Waals surface area contributed by atoms with E-state index in [1.807, 2.05) is 0 Å². The van der Waals surface area contributed by atoms with Crippen molar-refractivity contribution in [3.8, 4) is 0 Å². The zero-order chi connectivity index (χ0) is 13.8. The van der Waals surface area contributed by atoms with E-state index in [2.05, 4.69) is 10.1 Å². The van der Waals surface area contributed by atoms with E-state index in [0.717, 1.165) is 6.20 Å². The molecule has 0 spiro atoms. The van der Waals surface area contributed by atoms with Crippen molar-refractivity contribution in [2.24, 2.45) is 0 Å². The Morgan fingerprint density at radius 1 is 1.47 bits per heavy atom. The molecule has 2 aromatic rings. The number of methoxy groups -OCH3 is 1. The minimum Gasteiger partial charge on any atom is -0.383 e. The molecule has 0 saturated carbocycles. The molecule has 2 rings (SSSR count). The third kappa shape index (κ3) is 3.09. The summed E-state index contributed by atoms with van der Waals surface area (Å²) in [6, 6.07) is 1.21. The largest absolute Gasteiger partial charge is 0.383 e. The molecule has 0 aliphatic heterocycles. The Morgan fingerprint density at radius 3 is 2.95 bits per heavy atom. The van der Waals surface area contributed by atoms with Crippen molar-refractivity contribution in [1.82, 2.24) is 14.8 Å². The Bertz CT molecular complexity index is 562. The van der Waals surface area contributed by atoms with Crippen molar-refractivity contribution in [2.45, 2.75) is 12.6 Å². The van der Waals surface area contributed by atoms with Crippen LogP contribution in [0.15, 0.2) is 24.7 Å². The molecule has 0 amide bonds. The molecule has 0 saturated heterocycles. The minimum absolute atomic E-state index is 0.313. The Morgan fingerprint density at radius 2 is 2.26 bits per heavy atom. The molecule has 0 aliphatic rings. The fourth-order valence-corrected chi connectivity index (χ4v) is 1.98. The highest BCUT2D eigenvalue weighted by atomic mass is 35.5. The van der Waals surface area contributed by atoms with E-state index in [9.17, 15) is 9.50 Å². The standard InChI is InChI=1S/C12H13ClFN3O2/c1-19-3-2-17-11(10(13)7-16-17)12(18)8-4-9(14)6-15-5-8/h4-7,12,18H,2-3H2,1H3. The lowest BCUT2D eigenvalue weighted by Gasteiger charge is -2.14. The quantitative estimate of drug-likeness (QED) is 0.910. The molecular formula is C12H13ClFN3O2. The van der Waals surface area contributed by atoms with Gasteiger partial charge < -0.3 is 9.84 Å². The summed E-state index contributed by atoms with van der Waals surface area (Å²) >= 11 is 6.01. The van der Waals surface area contributed by atoms with Crippen molar-refractivity contribution < 1.29 is 14.2 Å². The summed E-state index contributed by atoms with van der Waals surface area (Å²) < 4.78 is 19.6. The van der Waals surface area contributed by atoms with Crippen LogP contribution in [0.3, 0.4) is 0 Å². The van der Waals surface area contributed by atoms with Gasteiger partial charge in [0.25, 0.3) is 0 Å². The second-order valence-electron chi connectivity index (χ2n) is 3.93. The van der Waals surface area contributed by atoms with Crippen LogP contribution < -0.4 is 0 Å². The van der Waals surface area contributed by atoms with Crippen LogP contribution >= 0.6 is 11.6 Å². The Balaban J connectivity index is 2.32. The Hall–Kier alpha value is -1.50. The first-order valence-electron chi connectivity index (χ1n) is 5.62. The fraction of sp³-hybridized carbons (Fsp3) is 0.333. The topological polar surface area (TPSA) is 60.2 Å². The van der Waals surface area contributed by atoms with E-state index < -0.39 is 11.9 Å². The second-order valence-corrected chi connectivity index (χ2v) is 4.34. The first kappa shape index (κ1) is 13.9. The highest BCUT2D eigenvalue weighted by Gasteiger charge is 2.20. The van der Waals surface area contributed by atoms with Crippen molar-refractivity contribution in [1.29, 1.82) is 0 Å². The molecule has 1 atom stereocenters. The van der Waals surface area contributed by atoms with Gasteiger partial charge in [0.15, 0.2) is 0 Å². The SMILES string of the molecule is COCCn1ncc(Cl)c1C(O)c1cncc(F)c1. The van der Waals surface area contributed by atoms with Crippen molar-refractivity contribution in [3.05, 3.63) is 46.8 Å². The summed E-state index contributed by atoms with van der Waals surface area (Å²) in [6.07, 6.45) is 2.80. The Labute approximate surface area is 114 Å². The normalized spacial score (nSPS) is 12.6. The number of hydrogen-bond acceptors (Lipinski definition) is 4. The van der Waals surface area contributed by atoms with Gasteiger partial charge in [0.2, 0.25) is 0 Å². The van der Waals surface area contributed by atoms with Gasteiger partial charge in [-0.15, -0.1) is 0 Å². The average Bonchev–Trinajstić information content (AvgIpc) is 2.76. The van der Waals surface area contributed by atoms with E-state index >= 15 is 0 Å². The molecule has 2 heterocycles. The van der Waals surface area contributed by atoms with Crippen LogP contribution in [0.2, 0.25) is 5.02 Å². The van der Waals surface area contributed by atoms with Gasteiger partial charge in [-0.3, -0.25) is 9.67 Å². The number of rotatable bonds is 5. The molecule has 1 N–H and O–H groups in total. The summed E-state index contributed by atoms with van der Waals surface area (Å²) in [5, 5.41) is 14.6. The zero-order valence-electron chi connectivity index (χ0n) is 10.3. The zero-order valence-corrected chi connectivity index (χ0v) is 11.0. The van der Waals surface area contributed by atoms with Crippen molar-refractivity contribution in [3.63, 3.8) is 0 Å². The van der Waals surface area contributed by atoms with Gasteiger partial charge in [0.05, 0.1) is 36.3 Å². The summed E-state index contributed by atoms with van der Waals surface area (Å²) in [5.74, 6) is -0.518. The van der Waals surface area contributed by atoms with Gasteiger partial charge in [-0.1, -0.05) is 11.6 Å². The molecule has 102 valence electrons. The van der Waals surface area contributed by atoms with Crippen LogP contribution in [-0.4, -0.2) is 33.6 Å². The summed E-state index contributed by atoms with van der Waals surface area (Å²) in [5.41, 5.74) is 0.715. The molecule has 1 unspecified atom stereocenters. The summed E-state index contributed by atoms with van der Waals surface area (Å²) in [6.45, 7) is 0.873. The lowest BCUT2D eigenvalue weighted by Crippen LogP contribution is -2.13. The molecule has 0 aliphatic carbocycles. The maximum absolute atomic E-state index is 13.1. The molecule has 0 fully saturated rings. The van der Waals surface area contributed by atoms with E-state index in [0.29, 0.717) is 29.4 Å². The number of halogens is 2. The number of pyridine rings is 1. The predicted octanol–water partition coefficient (Wildman–Crippen LogP) is 1.80. The van der Waals surface area contributed by atoms with Crippen LogP contribution in [0.25, 0.3) is 0 Å². The predicted molar refractivity (Wildman–Crippen MR) is 67.4 cm³/mol. The number of aliphatic hydroxyl groups is 1. The molecule has 5 nitrogen and oxygen atoms in total. The van der Waals surface area contributed by atoms with Gasteiger partial charge in [0, 0.05) is 18.9 Å². The second kappa shape index (κ2) is 6.10. The maximum Gasteiger partial charge on any atom is 0.141 e. The van der Waals surface area contributed by atoms with E-state index in [1.54, 1.807) is 7.11 Å². The highest BCUT2D eigenvalue weighted by molar-refractivity contribution is 6.31. The van der Waals surface area contributed by atoms with E-state index in [-0.39, 0.29) is 0 Å². The molecule has 0 bridgehead atoms. The smallest absolute Gasteiger partial charge is 0.141 e. The Kier molecular flexibility index (Phi) is 4.47. The number of nitrogens with zero attached hydrogens (tertiary/aromatic N) is 3. The van der Waals surface area contributed by atoms with Gasteiger partial charge >= 0.3 is 0 Å². The molecule has 2 aromatic heterocycles. The molecule has 19 heavy (non-hydrogen) atoms. The monoisotopic (exact) mass is 285 g/mol. The van der Waals surface area contributed by atoms with Gasteiger partial charge in [-0.05, 0) is 6.07 Å². The van der Waals surface area contributed by atoms with Crippen LogP contribution in [0.1, 0.15) is 17.4 Å². The first-order chi connectivity index (χ1) is 9.13. The van der Waals surface area contributed by atoms with Crippen molar-refractivity contribution in [2.75, 3.05) is 13.7 Å². The molecule has 0 aromatic carbocycles. The van der Waals surface area contributed by atoms with Gasteiger partial charge in [-0.2, -0.15) is 5.10 Å². The number of hydrogen-bond donors (Lipinski definition) is 1. The fourth-order valence-electron chi connectivity index (χ4n) is 1.74. The molecular weight excluding hydrogens is 273 g/mol. The number of ether oxygens (including phenoxy) is 1. The molecule has 0 radical (unpaired) electrons. The van der Waals surface area contributed by atoms with Crippen LogP contribution in [0.4, 0.5) is 4.39 Å². The first-order valence-corrected chi connectivity index (χ1v) is 6.00. The highest BCUT2D eigenvalue weighted by Crippen LogP contribution is 2.28. The van der Waals surface area contributed by atoms with Crippen LogP contribution in [0.5, 0.6) is 0 Å². The number of aliphatic hydroxyl groups excluding tert-OH is 1. The third-order valence-corrected chi connectivity index (χ3v) is 2.93.